The van der Waals surface area contributed by atoms with Gasteiger partial charge in [0.25, 0.3) is 0 Å². The maximum atomic E-state index is 11.8. The number of nitrogens with one attached hydrogen (secondary N) is 1. The maximum absolute atomic E-state index is 11.8. The van der Waals surface area contributed by atoms with Crippen LogP contribution < -0.4 is 10.1 Å². The van der Waals surface area contributed by atoms with Gasteiger partial charge in [0, 0.05) is 32.0 Å². The predicted octanol–water partition coefficient (Wildman–Crippen LogP) is 4.89. The topological polar surface area (TPSA) is 68.6 Å². The molecule has 3 aromatic carbocycles. The SMILES string of the molecule is COC(=O)c1ccc(Cn2ccnc2C2(c3ccccc3)CCN(C3Nc4ccccc4O3)CC2)cc1. The highest BCUT2D eigenvalue weighted by atomic mass is 16.5. The average Bonchev–Trinajstić information content (AvgIpc) is 3.61. The van der Waals surface area contributed by atoms with Gasteiger partial charge in [-0.2, -0.15) is 0 Å². The molecule has 3 heterocycles. The minimum atomic E-state index is -0.325. The molecular formula is C30H30N4O3. The molecule has 1 saturated heterocycles. The number of fused-ring (bicyclic) bond motifs is 1. The van der Waals surface area contributed by atoms with E-state index in [4.69, 9.17) is 14.5 Å². The molecule has 1 N–H and O–H groups in total. The molecular weight excluding hydrogens is 464 g/mol. The largest absolute Gasteiger partial charge is 0.465 e. The predicted molar refractivity (Wildman–Crippen MR) is 142 cm³/mol. The van der Waals surface area contributed by atoms with Gasteiger partial charge < -0.3 is 19.4 Å². The minimum Gasteiger partial charge on any atom is -0.465 e. The number of piperidine rings is 1. The third kappa shape index (κ3) is 4.36. The first kappa shape index (κ1) is 23.3. The number of esters is 1. The number of hydrogen-bond donors (Lipinski definition) is 1. The summed E-state index contributed by atoms with van der Waals surface area (Å²) in [5.41, 5.74) is 3.77. The number of carbonyl (C=O) groups excluding carboxylic acids is 1. The molecule has 1 fully saturated rings. The monoisotopic (exact) mass is 494 g/mol. The molecule has 0 bridgehead atoms. The van der Waals surface area contributed by atoms with E-state index < -0.39 is 0 Å². The number of anilines is 1. The number of carbonyl (C=O) groups is 1. The summed E-state index contributed by atoms with van der Waals surface area (Å²) in [7, 11) is 1.40. The van der Waals surface area contributed by atoms with Crippen molar-refractivity contribution >= 4 is 11.7 Å². The summed E-state index contributed by atoms with van der Waals surface area (Å²) in [6.45, 7) is 2.43. The molecule has 6 rings (SSSR count). The number of rotatable bonds is 6. The highest BCUT2D eigenvalue weighted by Gasteiger charge is 2.43. The van der Waals surface area contributed by atoms with Gasteiger partial charge >= 0.3 is 5.97 Å². The molecule has 7 nitrogen and oxygen atoms in total. The van der Waals surface area contributed by atoms with Crippen LogP contribution in [0.25, 0.3) is 0 Å². The van der Waals surface area contributed by atoms with E-state index in [0.29, 0.717) is 12.1 Å². The zero-order valence-corrected chi connectivity index (χ0v) is 20.8. The summed E-state index contributed by atoms with van der Waals surface area (Å²) in [6, 6.07) is 26.4. The lowest BCUT2D eigenvalue weighted by Gasteiger charge is -2.43. The number of methoxy groups -OCH3 is 1. The van der Waals surface area contributed by atoms with E-state index in [9.17, 15) is 4.79 Å². The first-order valence-corrected chi connectivity index (χ1v) is 12.7. The van der Waals surface area contributed by atoms with Crippen molar-refractivity contribution in [3.05, 3.63) is 114 Å². The lowest BCUT2D eigenvalue weighted by atomic mass is 9.72. The van der Waals surface area contributed by atoms with Crippen LogP contribution >= 0.6 is 0 Å². The van der Waals surface area contributed by atoms with Crippen molar-refractivity contribution in [2.45, 2.75) is 31.2 Å². The summed E-state index contributed by atoms with van der Waals surface area (Å²) in [5, 5.41) is 3.52. The van der Waals surface area contributed by atoms with Crippen LogP contribution in [0.1, 0.15) is 40.2 Å². The van der Waals surface area contributed by atoms with Gasteiger partial charge in [-0.05, 0) is 48.2 Å². The Labute approximate surface area is 216 Å². The summed E-state index contributed by atoms with van der Waals surface area (Å²) < 4.78 is 13.3. The van der Waals surface area contributed by atoms with Crippen LogP contribution in [-0.4, -0.2) is 47.0 Å². The van der Waals surface area contributed by atoms with Crippen molar-refractivity contribution in [2.75, 3.05) is 25.5 Å². The third-order valence-electron chi connectivity index (χ3n) is 7.59. The highest BCUT2D eigenvalue weighted by Crippen LogP contribution is 2.42. The minimum absolute atomic E-state index is 0.153. The molecule has 188 valence electrons. The summed E-state index contributed by atoms with van der Waals surface area (Å²) in [6.07, 6.45) is 5.64. The highest BCUT2D eigenvalue weighted by molar-refractivity contribution is 5.89. The Hall–Kier alpha value is -4.10. The lowest BCUT2D eigenvalue weighted by molar-refractivity contribution is 0.0288. The molecule has 0 aliphatic carbocycles. The Morgan fingerprint density at radius 2 is 1.76 bits per heavy atom. The second-order valence-electron chi connectivity index (χ2n) is 9.66. The molecule has 0 spiro atoms. The number of hydrogen-bond acceptors (Lipinski definition) is 6. The van der Waals surface area contributed by atoms with E-state index in [0.717, 1.165) is 48.8 Å². The van der Waals surface area contributed by atoms with E-state index in [-0.39, 0.29) is 17.7 Å². The quantitative estimate of drug-likeness (QED) is 0.385. The normalized spacial score (nSPS) is 18.5. The molecule has 0 saturated carbocycles. The Kier molecular flexibility index (Phi) is 6.14. The van der Waals surface area contributed by atoms with Gasteiger partial charge in [-0.15, -0.1) is 0 Å². The first-order chi connectivity index (χ1) is 18.2. The van der Waals surface area contributed by atoms with Crippen LogP contribution in [0, 0.1) is 0 Å². The van der Waals surface area contributed by atoms with E-state index in [1.165, 1.54) is 12.7 Å². The summed E-state index contributed by atoms with van der Waals surface area (Å²) >= 11 is 0. The Morgan fingerprint density at radius 3 is 2.49 bits per heavy atom. The molecule has 7 heteroatoms. The fourth-order valence-corrected chi connectivity index (χ4v) is 5.59. The zero-order chi connectivity index (χ0) is 25.2. The molecule has 4 aromatic rings. The summed E-state index contributed by atoms with van der Waals surface area (Å²) in [5.74, 6) is 1.65. The second-order valence-corrected chi connectivity index (χ2v) is 9.66. The molecule has 0 amide bonds. The Morgan fingerprint density at radius 1 is 1.03 bits per heavy atom. The van der Waals surface area contributed by atoms with Gasteiger partial charge in [-0.3, -0.25) is 4.90 Å². The van der Waals surface area contributed by atoms with Gasteiger partial charge in [-0.25, -0.2) is 9.78 Å². The number of para-hydroxylation sites is 2. The van der Waals surface area contributed by atoms with E-state index in [1.54, 1.807) is 0 Å². The van der Waals surface area contributed by atoms with Crippen LogP contribution in [0.3, 0.4) is 0 Å². The molecule has 37 heavy (non-hydrogen) atoms. The van der Waals surface area contributed by atoms with E-state index in [2.05, 4.69) is 57.4 Å². The Bertz CT molecular complexity index is 1350. The summed E-state index contributed by atoms with van der Waals surface area (Å²) in [4.78, 5) is 19.1. The smallest absolute Gasteiger partial charge is 0.337 e. The van der Waals surface area contributed by atoms with Gasteiger partial charge in [0.2, 0.25) is 6.35 Å². The Balaban J connectivity index is 1.26. The van der Waals surface area contributed by atoms with Crippen LogP contribution in [-0.2, 0) is 16.7 Å². The van der Waals surface area contributed by atoms with Crippen molar-refractivity contribution in [1.82, 2.24) is 14.5 Å². The molecule has 2 aliphatic heterocycles. The van der Waals surface area contributed by atoms with Crippen molar-refractivity contribution in [2.24, 2.45) is 0 Å². The van der Waals surface area contributed by atoms with Crippen LogP contribution in [0.2, 0.25) is 0 Å². The standard InChI is InChI=1S/C30H30N4O3/c1-36-27(35)23-13-11-22(12-14-23)21-34-20-17-31-28(34)30(24-7-3-2-4-8-24)15-18-33(19-16-30)29-32-25-9-5-6-10-26(25)37-29/h2-14,17,20,29,32H,15-16,18-19,21H2,1H3. The maximum Gasteiger partial charge on any atom is 0.337 e. The molecule has 1 aromatic heterocycles. The van der Waals surface area contributed by atoms with Crippen LogP contribution in [0.5, 0.6) is 5.75 Å². The molecule has 2 aliphatic rings. The van der Waals surface area contributed by atoms with Crippen LogP contribution in [0.4, 0.5) is 5.69 Å². The fraction of sp³-hybridized carbons (Fsp3) is 0.267. The number of imidazole rings is 1. The van der Waals surface area contributed by atoms with Crippen LogP contribution in [0.15, 0.2) is 91.3 Å². The first-order valence-electron chi connectivity index (χ1n) is 12.7. The van der Waals surface area contributed by atoms with Gasteiger partial charge in [0.1, 0.15) is 11.6 Å². The second kappa shape index (κ2) is 9.75. The lowest BCUT2D eigenvalue weighted by Crippen LogP contribution is -2.51. The van der Waals surface area contributed by atoms with E-state index >= 15 is 0 Å². The number of ether oxygens (including phenoxy) is 2. The number of aromatic nitrogens is 2. The average molecular weight is 495 g/mol. The van der Waals surface area contributed by atoms with Crippen molar-refractivity contribution < 1.29 is 14.3 Å². The number of benzene rings is 3. The van der Waals surface area contributed by atoms with Gasteiger partial charge in [0.05, 0.1) is 23.8 Å². The van der Waals surface area contributed by atoms with Crippen molar-refractivity contribution in [3.8, 4) is 5.75 Å². The zero-order valence-electron chi connectivity index (χ0n) is 20.8. The number of nitrogens with zero attached hydrogens (tertiary/aromatic N) is 3. The number of likely N-dealkylation sites (tertiary alicyclic amines) is 1. The van der Waals surface area contributed by atoms with Crippen molar-refractivity contribution in [1.29, 1.82) is 0 Å². The molecule has 1 unspecified atom stereocenters. The van der Waals surface area contributed by atoms with E-state index in [1.807, 2.05) is 48.7 Å². The molecule has 0 radical (unpaired) electrons. The third-order valence-corrected chi connectivity index (χ3v) is 7.59. The van der Waals surface area contributed by atoms with Gasteiger partial charge in [-0.1, -0.05) is 54.6 Å². The molecule has 1 atom stereocenters. The fourth-order valence-electron chi connectivity index (χ4n) is 5.59. The van der Waals surface area contributed by atoms with Gasteiger partial charge in [0.15, 0.2) is 0 Å². The van der Waals surface area contributed by atoms with Crippen molar-refractivity contribution in [3.63, 3.8) is 0 Å².